The van der Waals surface area contributed by atoms with Gasteiger partial charge in [-0.15, -0.1) is 0 Å². The highest BCUT2D eigenvalue weighted by Gasteiger charge is 2.28. The van der Waals surface area contributed by atoms with Crippen LogP contribution >= 0.6 is 0 Å². The molecule has 2 saturated heterocycles. The highest BCUT2D eigenvalue weighted by molar-refractivity contribution is 7.89. The number of rotatable bonds is 7. The summed E-state index contributed by atoms with van der Waals surface area (Å²) >= 11 is 0. The van der Waals surface area contributed by atoms with Crippen molar-refractivity contribution >= 4 is 15.9 Å². The number of sulfonamides is 1. The van der Waals surface area contributed by atoms with E-state index in [0.29, 0.717) is 18.5 Å². The van der Waals surface area contributed by atoms with Gasteiger partial charge in [0.2, 0.25) is 10.0 Å². The number of nitrogens with one attached hydrogen (secondary N) is 1. The lowest BCUT2D eigenvalue weighted by molar-refractivity contribution is 0.0997. The second kappa shape index (κ2) is 8.55. The summed E-state index contributed by atoms with van der Waals surface area (Å²) in [6, 6.07) is 4.62. The van der Waals surface area contributed by atoms with Crippen LogP contribution in [0.1, 0.15) is 29.6 Å². The summed E-state index contributed by atoms with van der Waals surface area (Å²) in [6.07, 6.45) is 2.99. The fourth-order valence-electron chi connectivity index (χ4n) is 3.69. The zero-order chi connectivity index (χ0) is 19.4. The van der Waals surface area contributed by atoms with E-state index in [1.54, 1.807) is 0 Å². The number of likely N-dealkylation sites (tertiary alicyclic amines) is 1. The molecule has 8 nitrogen and oxygen atoms in total. The minimum absolute atomic E-state index is 0.0117. The average molecular weight is 397 g/mol. The molecule has 0 bridgehead atoms. The minimum Gasteiger partial charge on any atom is -0.496 e. The van der Waals surface area contributed by atoms with Gasteiger partial charge in [0.05, 0.1) is 24.2 Å². The van der Waals surface area contributed by atoms with Gasteiger partial charge in [0, 0.05) is 19.2 Å². The third-order valence-electron chi connectivity index (χ3n) is 5.38. The molecule has 3 rings (SSSR count). The second-order valence-electron chi connectivity index (χ2n) is 7.07. The summed E-state index contributed by atoms with van der Waals surface area (Å²) in [6.45, 7) is 3.95. The van der Waals surface area contributed by atoms with Crippen molar-refractivity contribution in [2.45, 2.75) is 30.2 Å². The van der Waals surface area contributed by atoms with Crippen LogP contribution in [-0.4, -0.2) is 65.2 Å². The number of primary amides is 1. The maximum Gasteiger partial charge on any atom is 0.252 e. The first-order valence-electron chi connectivity index (χ1n) is 9.20. The summed E-state index contributed by atoms with van der Waals surface area (Å²) in [5, 5.41) is 0. The van der Waals surface area contributed by atoms with E-state index in [2.05, 4.69) is 9.62 Å². The molecule has 0 spiro atoms. The smallest absolute Gasteiger partial charge is 0.252 e. The topological polar surface area (TPSA) is 111 Å². The van der Waals surface area contributed by atoms with Crippen molar-refractivity contribution in [1.29, 1.82) is 0 Å². The molecule has 1 amide bonds. The lowest BCUT2D eigenvalue weighted by Gasteiger charge is -2.35. The first-order chi connectivity index (χ1) is 12.9. The molecule has 1 aromatic carbocycles. The van der Waals surface area contributed by atoms with Crippen LogP contribution in [0.3, 0.4) is 0 Å². The average Bonchev–Trinajstić information content (AvgIpc) is 3.21. The first kappa shape index (κ1) is 20.1. The quantitative estimate of drug-likeness (QED) is 0.696. The van der Waals surface area contributed by atoms with Crippen molar-refractivity contribution in [2.24, 2.45) is 11.7 Å². The van der Waals surface area contributed by atoms with E-state index in [0.717, 1.165) is 45.6 Å². The molecule has 27 heavy (non-hydrogen) atoms. The number of ether oxygens (including phenoxy) is 2. The molecule has 9 heteroatoms. The predicted molar refractivity (Wildman–Crippen MR) is 100 cm³/mol. The van der Waals surface area contributed by atoms with Gasteiger partial charge in [0.15, 0.2) is 0 Å². The molecular weight excluding hydrogens is 370 g/mol. The number of hydrogen-bond donors (Lipinski definition) is 2. The molecule has 0 aromatic heterocycles. The fourth-order valence-corrected chi connectivity index (χ4v) is 4.83. The Balaban J connectivity index is 1.57. The Morgan fingerprint density at radius 3 is 2.67 bits per heavy atom. The van der Waals surface area contributed by atoms with Crippen molar-refractivity contribution in [3.63, 3.8) is 0 Å². The van der Waals surface area contributed by atoms with Crippen LogP contribution in [0.15, 0.2) is 23.1 Å². The summed E-state index contributed by atoms with van der Waals surface area (Å²) in [5.74, 6) is -0.177. The number of amides is 1. The summed E-state index contributed by atoms with van der Waals surface area (Å²) < 4.78 is 38.4. The number of nitrogens with zero attached hydrogens (tertiary/aromatic N) is 1. The van der Waals surface area contributed by atoms with Gasteiger partial charge in [-0.2, -0.15) is 0 Å². The van der Waals surface area contributed by atoms with E-state index in [-0.39, 0.29) is 16.2 Å². The van der Waals surface area contributed by atoms with E-state index < -0.39 is 15.9 Å². The zero-order valence-electron chi connectivity index (χ0n) is 15.5. The van der Waals surface area contributed by atoms with Gasteiger partial charge in [-0.25, -0.2) is 13.1 Å². The monoisotopic (exact) mass is 397 g/mol. The molecule has 2 heterocycles. The van der Waals surface area contributed by atoms with Crippen LogP contribution in [0.2, 0.25) is 0 Å². The Hall–Kier alpha value is -1.68. The molecule has 3 N–H and O–H groups in total. The van der Waals surface area contributed by atoms with Gasteiger partial charge in [-0.1, -0.05) is 0 Å². The number of hydrogen-bond acceptors (Lipinski definition) is 6. The standard InChI is InChI=1S/C18H27N3O5S/c1-25-17-3-2-15(10-16(17)18(19)22)27(23,24)20-11-13-4-7-21(8-5-13)14-6-9-26-12-14/h2-3,10,13-14,20H,4-9,11-12H2,1H3,(H2,19,22)/t14-/m0/s1. The second-order valence-corrected chi connectivity index (χ2v) is 8.84. The number of carbonyl (C=O) groups excluding carboxylic acids is 1. The van der Waals surface area contributed by atoms with Crippen LogP contribution in [0.25, 0.3) is 0 Å². The van der Waals surface area contributed by atoms with Crippen molar-refractivity contribution in [2.75, 3.05) is 40.0 Å². The van der Waals surface area contributed by atoms with Crippen LogP contribution in [0.4, 0.5) is 0 Å². The SMILES string of the molecule is COc1ccc(S(=O)(=O)NCC2CCN([C@H]3CCOC3)CC2)cc1C(N)=O. The lowest BCUT2D eigenvalue weighted by Crippen LogP contribution is -2.43. The highest BCUT2D eigenvalue weighted by atomic mass is 32.2. The summed E-state index contributed by atoms with van der Waals surface area (Å²) in [7, 11) is -2.32. The number of benzene rings is 1. The molecule has 0 aliphatic carbocycles. The maximum absolute atomic E-state index is 12.6. The van der Waals surface area contributed by atoms with Crippen molar-refractivity contribution in [1.82, 2.24) is 9.62 Å². The Kier molecular flexibility index (Phi) is 6.36. The highest BCUT2D eigenvalue weighted by Crippen LogP contribution is 2.24. The van der Waals surface area contributed by atoms with Gasteiger partial charge in [-0.3, -0.25) is 9.69 Å². The van der Waals surface area contributed by atoms with E-state index in [4.69, 9.17) is 15.2 Å². The normalized spacial score (nSPS) is 22.0. The molecule has 0 unspecified atom stereocenters. The Morgan fingerprint density at radius 1 is 1.33 bits per heavy atom. The molecule has 2 fully saturated rings. The number of piperidine rings is 1. The Labute approximate surface area is 160 Å². The van der Waals surface area contributed by atoms with E-state index in [1.165, 1.54) is 25.3 Å². The van der Waals surface area contributed by atoms with Gasteiger partial charge < -0.3 is 15.2 Å². The van der Waals surface area contributed by atoms with Gasteiger partial charge in [0.1, 0.15) is 5.75 Å². The number of methoxy groups -OCH3 is 1. The molecule has 2 aliphatic heterocycles. The van der Waals surface area contributed by atoms with Crippen LogP contribution < -0.4 is 15.2 Å². The Morgan fingerprint density at radius 2 is 2.07 bits per heavy atom. The van der Waals surface area contributed by atoms with Gasteiger partial charge in [0.25, 0.3) is 5.91 Å². The number of nitrogens with two attached hydrogens (primary N) is 1. The molecule has 1 atom stereocenters. The molecule has 0 saturated carbocycles. The third kappa shape index (κ3) is 4.78. The van der Waals surface area contributed by atoms with Crippen LogP contribution in [-0.2, 0) is 14.8 Å². The zero-order valence-corrected chi connectivity index (χ0v) is 16.3. The van der Waals surface area contributed by atoms with Crippen molar-refractivity contribution < 1.29 is 22.7 Å². The molecule has 150 valence electrons. The van der Waals surface area contributed by atoms with Crippen LogP contribution in [0, 0.1) is 5.92 Å². The predicted octanol–water partition coefficient (Wildman–Crippen LogP) is 0.573. The fraction of sp³-hybridized carbons (Fsp3) is 0.611. The van der Waals surface area contributed by atoms with Gasteiger partial charge in [-0.05, 0) is 56.5 Å². The molecular formula is C18H27N3O5S. The van der Waals surface area contributed by atoms with E-state index >= 15 is 0 Å². The summed E-state index contributed by atoms with van der Waals surface area (Å²) in [4.78, 5) is 14.0. The maximum atomic E-state index is 12.6. The van der Waals surface area contributed by atoms with Crippen molar-refractivity contribution in [3.05, 3.63) is 23.8 Å². The number of carbonyl (C=O) groups is 1. The third-order valence-corrected chi connectivity index (χ3v) is 6.80. The molecule has 1 aromatic rings. The van der Waals surface area contributed by atoms with E-state index in [1.807, 2.05) is 0 Å². The summed E-state index contributed by atoms with van der Waals surface area (Å²) in [5.41, 5.74) is 5.36. The first-order valence-corrected chi connectivity index (χ1v) is 10.7. The van der Waals surface area contributed by atoms with Crippen LogP contribution in [0.5, 0.6) is 5.75 Å². The minimum atomic E-state index is -3.72. The lowest BCUT2D eigenvalue weighted by atomic mass is 9.96. The van der Waals surface area contributed by atoms with Crippen molar-refractivity contribution in [3.8, 4) is 5.75 Å². The molecule has 2 aliphatic rings. The Bertz CT molecular complexity index is 769. The molecule has 0 radical (unpaired) electrons. The van der Waals surface area contributed by atoms with E-state index in [9.17, 15) is 13.2 Å². The van der Waals surface area contributed by atoms with Gasteiger partial charge >= 0.3 is 0 Å². The largest absolute Gasteiger partial charge is 0.496 e.